The minimum Gasteiger partial charge on any atom is -0.383 e. The van der Waals surface area contributed by atoms with Gasteiger partial charge in [0.05, 0.1) is 12.3 Å². The molecule has 0 spiro atoms. The van der Waals surface area contributed by atoms with Crippen molar-refractivity contribution in [1.29, 1.82) is 0 Å². The van der Waals surface area contributed by atoms with Gasteiger partial charge >= 0.3 is 0 Å². The van der Waals surface area contributed by atoms with Gasteiger partial charge in [-0.1, -0.05) is 45.0 Å². The van der Waals surface area contributed by atoms with Crippen molar-refractivity contribution in [2.75, 3.05) is 30.9 Å². The second-order valence-electron chi connectivity index (χ2n) is 10.5. The van der Waals surface area contributed by atoms with Crippen molar-refractivity contribution in [2.45, 2.75) is 33.1 Å². The predicted octanol–water partition coefficient (Wildman–Crippen LogP) is 6.12. The third-order valence-electron chi connectivity index (χ3n) is 6.52. The highest BCUT2D eigenvalue weighted by molar-refractivity contribution is 6.05. The van der Waals surface area contributed by atoms with Crippen LogP contribution in [0.1, 0.15) is 52.6 Å². The van der Waals surface area contributed by atoms with Gasteiger partial charge in [0.1, 0.15) is 0 Å². The molecule has 3 N–H and O–H groups in total. The molecular weight excluding hydrogens is 502 g/mol. The number of benzene rings is 3. The Morgan fingerprint density at radius 3 is 2.23 bits per heavy atom. The molecule has 0 saturated carbocycles. The van der Waals surface area contributed by atoms with E-state index in [1.165, 1.54) is 5.56 Å². The van der Waals surface area contributed by atoms with E-state index >= 15 is 0 Å². The molecule has 0 aliphatic carbocycles. The quantitative estimate of drug-likeness (QED) is 0.222. The molecule has 0 fully saturated rings. The van der Waals surface area contributed by atoms with E-state index in [0.29, 0.717) is 30.2 Å². The normalized spacial score (nSPS) is 11.1. The summed E-state index contributed by atoms with van der Waals surface area (Å²) in [5.41, 5.74) is 6.32. The highest BCUT2D eigenvalue weighted by atomic mass is 16.5. The van der Waals surface area contributed by atoms with E-state index in [1.807, 2.05) is 55.5 Å². The van der Waals surface area contributed by atoms with E-state index in [4.69, 9.17) is 4.74 Å². The van der Waals surface area contributed by atoms with Gasteiger partial charge in [-0.25, -0.2) is 9.97 Å². The third kappa shape index (κ3) is 7.09. The molecule has 0 bridgehead atoms. The number of hydrogen-bond acceptors (Lipinski definition) is 6. The number of methoxy groups -OCH3 is 1. The van der Waals surface area contributed by atoms with Crippen molar-refractivity contribution in [3.63, 3.8) is 0 Å². The number of anilines is 3. The van der Waals surface area contributed by atoms with E-state index in [0.717, 1.165) is 28.2 Å². The number of carbonyl (C=O) groups excluding carboxylic acids is 2. The minimum absolute atomic E-state index is 0.0230. The molecule has 8 heteroatoms. The van der Waals surface area contributed by atoms with Gasteiger partial charge in [0.15, 0.2) is 0 Å². The maximum Gasteiger partial charge on any atom is 0.255 e. The Morgan fingerprint density at radius 1 is 0.875 bits per heavy atom. The van der Waals surface area contributed by atoms with Gasteiger partial charge in [0.25, 0.3) is 11.8 Å². The van der Waals surface area contributed by atoms with Crippen LogP contribution in [0.25, 0.3) is 11.3 Å². The maximum absolute atomic E-state index is 13.0. The van der Waals surface area contributed by atoms with Crippen LogP contribution >= 0.6 is 0 Å². The van der Waals surface area contributed by atoms with Crippen LogP contribution < -0.4 is 16.0 Å². The number of nitrogens with zero attached hydrogens (tertiary/aromatic N) is 2. The van der Waals surface area contributed by atoms with E-state index < -0.39 is 0 Å². The Kier molecular flexibility index (Phi) is 8.91. The number of nitrogens with one attached hydrogen (secondary N) is 3. The Balaban J connectivity index is 1.47. The first-order valence-electron chi connectivity index (χ1n) is 13.1. The van der Waals surface area contributed by atoms with Crippen molar-refractivity contribution in [2.24, 2.45) is 0 Å². The smallest absolute Gasteiger partial charge is 0.255 e. The molecule has 1 aromatic heterocycles. The number of aromatic nitrogens is 2. The van der Waals surface area contributed by atoms with Gasteiger partial charge in [0, 0.05) is 47.9 Å². The van der Waals surface area contributed by atoms with Gasteiger partial charge in [-0.15, -0.1) is 0 Å². The average Bonchev–Trinajstić information content (AvgIpc) is 2.94. The maximum atomic E-state index is 13.0. The number of rotatable bonds is 9. The molecule has 4 rings (SSSR count). The Morgan fingerprint density at radius 2 is 1.55 bits per heavy atom. The van der Waals surface area contributed by atoms with Crippen molar-refractivity contribution >= 4 is 29.1 Å². The van der Waals surface area contributed by atoms with Gasteiger partial charge in [-0.05, 0) is 72.0 Å². The van der Waals surface area contributed by atoms with Gasteiger partial charge in [-0.2, -0.15) is 0 Å². The minimum atomic E-state index is -0.165. The predicted molar refractivity (Wildman–Crippen MR) is 159 cm³/mol. The summed E-state index contributed by atoms with van der Waals surface area (Å²) in [7, 11) is 1.59. The van der Waals surface area contributed by atoms with Crippen LogP contribution in [0.15, 0.2) is 79.0 Å². The first-order chi connectivity index (χ1) is 19.2. The fraction of sp³-hybridized carbons (Fsp3) is 0.250. The summed E-state index contributed by atoms with van der Waals surface area (Å²) >= 11 is 0. The Bertz CT molecular complexity index is 1480. The van der Waals surface area contributed by atoms with E-state index in [-0.39, 0.29) is 17.2 Å². The van der Waals surface area contributed by atoms with Crippen molar-refractivity contribution in [1.82, 2.24) is 15.3 Å². The summed E-state index contributed by atoms with van der Waals surface area (Å²) in [5, 5.41) is 9.03. The van der Waals surface area contributed by atoms with Crippen LogP contribution in [0.4, 0.5) is 17.3 Å². The number of ether oxygens (including phenoxy) is 1. The lowest BCUT2D eigenvalue weighted by Crippen LogP contribution is -2.26. The van der Waals surface area contributed by atoms with E-state index in [9.17, 15) is 9.59 Å². The zero-order valence-corrected chi connectivity index (χ0v) is 23.5. The largest absolute Gasteiger partial charge is 0.383 e. The number of amides is 2. The molecule has 8 nitrogen and oxygen atoms in total. The lowest BCUT2D eigenvalue weighted by molar-refractivity contribution is 0.0936. The topological polar surface area (TPSA) is 105 Å². The fourth-order valence-electron chi connectivity index (χ4n) is 4.14. The van der Waals surface area contributed by atoms with Crippen LogP contribution in [0.5, 0.6) is 0 Å². The van der Waals surface area contributed by atoms with E-state index in [2.05, 4.69) is 46.7 Å². The van der Waals surface area contributed by atoms with Crippen LogP contribution in [0.2, 0.25) is 0 Å². The molecule has 0 unspecified atom stereocenters. The van der Waals surface area contributed by atoms with Crippen LogP contribution in [0, 0.1) is 6.92 Å². The SMILES string of the molecule is COCCNC(=O)c1ccc(Nc2nccc(-c3cccc(NC(=O)c4ccc(C(C)(C)C)cc4)c3C)n2)cc1. The average molecular weight is 538 g/mol. The van der Waals surface area contributed by atoms with Crippen molar-refractivity contribution in [3.8, 4) is 11.3 Å². The summed E-state index contributed by atoms with van der Waals surface area (Å²) in [5.74, 6) is 0.0929. The standard InChI is InChI=1S/C32H35N5O3/c1-21-26(7-6-8-27(21)36-30(39)23-9-13-24(14-10-23)32(2,3)4)28-17-18-34-31(37-28)35-25-15-11-22(12-16-25)29(38)33-19-20-40-5/h6-18H,19-20H2,1-5H3,(H,33,38)(H,36,39)(H,34,35,37). The second-order valence-corrected chi connectivity index (χ2v) is 10.5. The summed E-state index contributed by atoms with van der Waals surface area (Å²) in [6.07, 6.45) is 1.68. The Labute approximate surface area is 235 Å². The molecule has 206 valence electrons. The highest BCUT2D eigenvalue weighted by Gasteiger charge is 2.16. The molecule has 3 aromatic carbocycles. The number of hydrogen-bond donors (Lipinski definition) is 3. The molecule has 2 amide bonds. The lowest BCUT2D eigenvalue weighted by Gasteiger charge is -2.19. The van der Waals surface area contributed by atoms with Crippen molar-refractivity contribution < 1.29 is 14.3 Å². The third-order valence-corrected chi connectivity index (χ3v) is 6.52. The summed E-state index contributed by atoms with van der Waals surface area (Å²) < 4.78 is 4.96. The first-order valence-corrected chi connectivity index (χ1v) is 13.1. The zero-order valence-electron chi connectivity index (χ0n) is 23.5. The summed E-state index contributed by atoms with van der Waals surface area (Å²) in [4.78, 5) is 34.2. The molecule has 0 atom stereocenters. The second kappa shape index (κ2) is 12.5. The lowest BCUT2D eigenvalue weighted by atomic mass is 9.86. The highest BCUT2D eigenvalue weighted by Crippen LogP contribution is 2.29. The van der Waals surface area contributed by atoms with Crippen LogP contribution in [-0.2, 0) is 10.2 Å². The molecule has 1 heterocycles. The van der Waals surface area contributed by atoms with Crippen LogP contribution in [-0.4, -0.2) is 42.0 Å². The molecule has 0 aliphatic rings. The van der Waals surface area contributed by atoms with E-state index in [1.54, 1.807) is 37.6 Å². The van der Waals surface area contributed by atoms with Gasteiger partial charge in [0.2, 0.25) is 5.95 Å². The zero-order chi connectivity index (χ0) is 28.7. The van der Waals surface area contributed by atoms with Crippen LogP contribution in [0.3, 0.4) is 0 Å². The molecule has 40 heavy (non-hydrogen) atoms. The van der Waals surface area contributed by atoms with Crippen molar-refractivity contribution in [3.05, 3.63) is 101 Å². The number of carbonyl (C=O) groups is 2. The van der Waals surface area contributed by atoms with Gasteiger partial charge < -0.3 is 20.7 Å². The Hall–Kier alpha value is -4.56. The van der Waals surface area contributed by atoms with Gasteiger partial charge in [-0.3, -0.25) is 9.59 Å². The molecule has 0 aliphatic heterocycles. The summed E-state index contributed by atoms with van der Waals surface area (Å²) in [6.45, 7) is 9.30. The molecule has 4 aromatic rings. The summed E-state index contributed by atoms with van der Waals surface area (Å²) in [6, 6.07) is 22.4. The first kappa shape index (κ1) is 28.4. The monoisotopic (exact) mass is 537 g/mol. The molecule has 0 saturated heterocycles. The fourth-order valence-corrected chi connectivity index (χ4v) is 4.14. The molecular formula is C32H35N5O3. The molecule has 0 radical (unpaired) electrons.